The van der Waals surface area contributed by atoms with Gasteiger partial charge in [-0.2, -0.15) is 5.10 Å². The molecule has 5 nitrogen and oxygen atoms in total. The van der Waals surface area contributed by atoms with Crippen molar-refractivity contribution < 1.29 is 14.6 Å². The smallest absolute Gasteiger partial charge is 0.281 e. The molecule has 142 valence electrons. The van der Waals surface area contributed by atoms with Crippen molar-refractivity contribution in [3.05, 3.63) is 101 Å². The Labute approximate surface area is 164 Å². The molecule has 3 aromatic rings. The molecule has 0 bridgehead atoms. The first-order valence-electron chi connectivity index (χ1n) is 8.87. The van der Waals surface area contributed by atoms with Gasteiger partial charge in [0.15, 0.2) is 5.60 Å². The van der Waals surface area contributed by atoms with Crippen LogP contribution in [0.3, 0.4) is 0 Å². The van der Waals surface area contributed by atoms with E-state index in [2.05, 4.69) is 10.5 Å². The van der Waals surface area contributed by atoms with Crippen molar-refractivity contribution in [3.8, 4) is 5.75 Å². The average molecular weight is 374 g/mol. The summed E-state index contributed by atoms with van der Waals surface area (Å²) in [6.45, 7) is 1.93. The van der Waals surface area contributed by atoms with E-state index in [9.17, 15) is 9.90 Å². The van der Waals surface area contributed by atoms with Crippen LogP contribution in [0.4, 0.5) is 0 Å². The first-order valence-corrected chi connectivity index (χ1v) is 8.87. The molecule has 3 aromatic carbocycles. The van der Waals surface area contributed by atoms with Gasteiger partial charge in [0, 0.05) is 0 Å². The molecule has 0 aliphatic rings. The molecule has 0 unspecified atom stereocenters. The molecule has 0 radical (unpaired) electrons. The van der Waals surface area contributed by atoms with Crippen LogP contribution in [0.2, 0.25) is 0 Å². The molecule has 28 heavy (non-hydrogen) atoms. The highest BCUT2D eigenvalue weighted by atomic mass is 16.5. The molecule has 1 amide bonds. The van der Waals surface area contributed by atoms with Gasteiger partial charge in [-0.05, 0) is 47.4 Å². The number of hydrazone groups is 1. The molecular weight excluding hydrogens is 352 g/mol. The van der Waals surface area contributed by atoms with Gasteiger partial charge in [0.05, 0.1) is 13.3 Å². The summed E-state index contributed by atoms with van der Waals surface area (Å²) < 4.78 is 5.24. The van der Waals surface area contributed by atoms with E-state index in [4.69, 9.17) is 4.74 Å². The number of benzene rings is 3. The molecule has 0 spiro atoms. The van der Waals surface area contributed by atoms with Crippen molar-refractivity contribution in [2.24, 2.45) is 5.10 Å². The van der Waals surface area contributed by atoms with E-state index < -0.39 is 11.5 Å². The Morgan fingerprint density at radius 1 is 1.00 bits per heavy atom. The second-order valence-electron chi connectivity index (χ2n) is 6.37. The van der Waals surface area contributed by atoms with Gasteiger partial charge in [0.2, 0.25) is 0 Å². The fraction of sp³-hybridized carbons (Fsp3) is 0.130. The lowest BCUT2D eigenvalue weighted by Gasteiger charge is -2.27. The van der Waals surface area contributed by atoms with Gasteiger partial charge in [-0.15, -0.1) is 0 Å². The van der Waals surface area contributed by atoms with E-state index in [1.165, 1.54) is 6.21 Å². The van der Waals surface area contributed by atoms with Gasteiger partial charge in [-0.3, -0.25) is 4.79 Å². The van der Waals surface area contributed by atoms with E-state index in [0.717, 1.165) is 16.9 Å². The van der Waals surface area contributed by atoms with Crippen molar-refractivity contribution in [1.29, 1.82) is 0 Å². The highest BCUT2D eigenvalue weighted by Gasteiger charge is 2.39. The summed E-state index contributed by atoms with van der Waals surface area (Å²) in [5.41, 5.74) is 3.32. The van der Waals surface area contributed by atoms with Crippen molar-refractivity contribution in [2.45, 2.75) is 12.5 Å². The van der Waals surface area contributed by atoms with E-state index in [1.54, 1.807) is 55.6 Å². The third kappa shape index (κ3) is 3.94. The minimum Gasteiger partial charge on any atom is -0.496 e. The zero-order chi connectivity index (χ0) is 20.0. The molecule has 3 rings (SSSR count). The minimum atomic E-state index is -1.85. The standard InChI is InChI=1S/C23H22N2O3/c1-17-15-18(13-14-21(17)28-2)16-24-25-22(26)23(27,19-9-5-3-6-10-19)20-11-7-4-8-12-20/h3-16,27H,1-2H3,(H,25,26). The SMILES string of the molecule is COc1ccc(C=NNC(=O)C(O)(c2ccccc2)c2ccccc2)cc1C. The largest absolute Gasteiger partial charge is 0.496 e. The van der Waals surface area contributed by atoms with Gasteiger partial charge < -0.3 is 9.84 Å². The normalized spacial score (nSPS) is 11.4. The van der Waals surface area contributed by atoms with Crippen LogP contribution in [-0.4, -0.2) is 24.3 Å². The Balaban J connectivity index is 1.86. The molecule has 2 N–H and O–H groups in total. The first-order chi connectivity index (χ1) is 13.6. The Morgan fingerprint density at radius 2 is 1.57 bits per heavy atom. The number of aryl methyl sites for hydroxylation is 1. The van der Waals surface area contributed by atoms with E-state index in [1.807, 2.05) is 37.3 Å². The highest BCUT2D eigenvalue weighted by molar-refractivity contribution is 5.91. The van der Waals surface area contributed by atoms with Gasteiger partial charge in [0.25, 0.3) is 5.91 Å². The summed E-state index contributed by atoms with van der Waals surface area (Å²) in [5, 5.41) is 15.4. The maximum absolute atomic E-state index is 12.9. The van der Waals surface area contributed by atoms with Gasteiger partial charge >= 0.3 is 0 Å². The predicted molar refractivity (Wildman–Crippen MR) is 109 cm³/mol. The van der Waals surface area contributed by atoms with E-state index in [0.29, 0.717) is 11.1 Å². The number of ether oxygens (including phenoxy) is 1. The van der Waals surface area contributed by atoms with Gasteiger partial charge in [0.1, 0.15) is 5.75 Å². The number of nitrogens with one attached hydrogen (secondary N) is 1. The van der Waals surface area contributed by atoms with Crippen LogP contribution in [-0.2, 0) is 10.4 Å². The third-order valence-electron chi connectivity index (χ3n) is 4.51. The molecular formula is C23H22N2O3. The second kappa shape index (κ2) is 8.50. The number of hydrogen-bond acceptors (Lipinski definition) is 4. The Bertz CT molecular complexity index is 930. The molecule has 0 heterocycles. The summed E-state index contributed by atoms with van der Waals surface area (Å²) in [7, 11) is 1.62. The summed E-state index contributed by atoms with van der Waals surface area (Å²) in [5.74, 6) is 0.148. The maximum Gasteiger partial charge on any atom is 0.281 e. The number of nitrogens with zero attached hydrogens (tertiary/aromatic N) is 1. The Morgan fingerprint density at radius 3 is 2.07 bits per heavy atom. The molecule has 0 fully saturated rings. The maximum atomic E-state index is 12.9. The summed E-state index contributed by atoms with van der Waals surface area (Å²) in [6.07, 6.45) is 1.53. The number of hydrogen-bond donors (Lipinski definition) is 2. The van der Waals surface area contributed by atoms with Crippen molar-refractivity contribution in [1.82, 2.24) is 5.43 Å². The molecule has 0 saturated carbocycles. The van der Waals surface area contributed by atoms with Crippen LogP contribution in [0.15, 0.2) is 84.0 Å². The number of carbonyl (C=O) groups excluding carboxylic acids is 1. The van der Waals surface area contributed by atoms with Crippen molar-refractivity contribution >= 4 is 12.1 Å². The summed E-state index contributed by atoms with van der Waals surface area (Å²) in [6, 6.07) is 23.2. The molecule has 0 aliphatic carbocycles. The number of carbonyl (C=O) groups is 1. The lowest BCUT2D eigenvalue weighted by molar-refractivity contribution is -0.136. The third-order valence-corrected chi connectivity index (χ3v) is 4.51. The first kappa shape index (κ1) is 19.3. The summed E-state index contributed by atoms with van der Waals surface area (Å²) in [4.78, 5) is 12.9. The topological polar surface area (TPSA) is 70.9 Å². The van der Waals surface area contributed by atoms with Crippen LogP contribution in [0.25, 0.3) is 0 Å². The lowest BCUT2D eigenvalue weighted by Crippen LogP contribution is -2.43. The molecule has 0 aliphatic heterocycles. The average Bonchev–Trinajstić information content (AvgIpc) is 2.74. The Kier molecular flexibility index (Phi) is 5.87. The van der Waals surface area contributed by atoms with Crippen LogP contribution in [0.1, 0.15) is 22.3 Å². The Hall–Kier alpha value is -3.44. The molecule has 0 aromatic heterocycles. The molecule has 0 atom stereocenters. The van der Waals surface area contributed by atoms with Crippen LogP contribution in [0, 0.1) is 6.92 Å². The lowest BCUT2D eigenvalue weighted by atomic mass is 9.85. The quantitative estimate of drug-likeness (QED) is 0.513. The number of methoxy groups -OCH3 is 1. The van der Waals surface area contributed by atoms with Crippen molar-refractivity contribution in [2.75, 3.05) is 7.11 Å². The second-order valence-corrected chi connectivity index (χ2v) is 6.37. The fourth-order valence-corrected chi connectivity index (χ4v) is 3.02. The summed E-state index contributed by atoms with van der Waals surface area (Å²) >= 11 is 0. The number of amides is 1. The van der Waals surface area contributed by atoms with Crippen LogP contribution < -0.4 is 10.2 Å². The van der Waals surface area contributed by atoms with Gasteiger partial charge in [-0.25, -0.2) is 5.43 Å². The fourth-order valence-electron chi connectivity index (χ4n) is 3.02. The number of rotatable bonds is 6. The highest BCUT2D eigenvalue weighted by Crippen LogP contribution is 2.29. The molecule has 0 saturated heterocycles. The minimum absolute atomic E-state index is 0.467. The zero-order valence-electron chi connectivity index (χ0n) is 15.8. The van der Waals surface area contributed by atoms with Crippen LogP contribution >= 0.6 is 0 Å². The van der Waals surface area contributed by atoms with E-state index >= 15 is 0 Å². The van der Waals surface area contributed by atoms with E-state index in [-0.39, 0.29) is 0 Å². The van der Waals surface area contributed by atoms with Crippen LogP contribution in [0.5, 0.6) is 5.75 Å². The monoisotopic (exact) mass is 374 g/mol. The molecule has 5 heteroatoms. The van der Waals surface area contributed by atoms with Gasteiger partial charge in [-0.1, -0.05) is 60.7 Å². The predicted octanol–water partition coefficient (Wildman–Crippen LogP) is 3.39. The number of aliphatic hydroxyl groups is 1. The van der Waals surface area contributed by atoms with Crippen molar-refractivity contribution in [3.63, 3.8) is 0 Å². The zero-order valence-corrected chi connectivity index (χ0v) is 15.8.